The van der Waals surface area contributed by atoms with Crippen molar-refractivity contribution < 1.29 is 19.2 Å². The number of benzene rings is 2. The number of hydrogen-bond donors (Lipinski definition) is 1. The Morgan fingerprint density at radius 2 is 1.92 bits per heavy atom. The number of amides is 1. The molecule has 0 unspecified atom stereocenters. The number of non-ortho nitro benzene ring substituents is 1. The van der Waals surface area contributed by atoms with E-state index in [0.29, 0.717) is 15.7 Å². The van der Waals surface area contributed by atoms with E-state index in [2.05, 4.69) is 5.32 Å². The van der Waals surface area contributed by atoms with Crippen molar-refractivity contribution in [3.05, 3.63) is 56.6 Å². The molecule has 0 heterocycles. The summed E-state index contributed by atoms with van der Waals surface area (Å²) in [4.78, 5) is 22.1. The molecule has 2 aromatic rings. The number of nitrogens with zero attached hydrogens (tertiary/aromatic N) is 1. The second kappa shape index (κ2) is 7.85. The third kappa shape index (κ3) is 4.50. The molecule has 126 valence electrons. The minimum absolute atomic E-state index is 0.0935. The maximum atomic E-state index is 11.9. The summed E-state index contributed by atoms with van der Waals surface area (Å²) in [5, 5.41) is 14.0. The first-order valence-corrected chi connectivity index (χ1v) is 7.36. The van der Waals surface area contributed by atoms with Gasteiger partial charge in [0.2, 0.25) is 0 Å². The van der Waals surface area contributed by atoms with E-state index in [9.17, 15) is 14.9 Å². The van der Waals surface area contributed by atoms with Gasteiger partial charge in [0, 0.05) is 11.8 Å². The fourth-order valence-corrected chi connectivity index (χ4v) is 2.10. The van der Waals surface area contributed by atoms with Gasteiger partial charge in [0.05, 0.1) is 28.1 Å². The predicted molar refractivity (Wildman–Crippen MR) is 90.2 cm³/mol. The van der Waals surface area contributed by atoms with Gasteiger partial charge in [0.15, 0.2) is 18.1 Å². The Bertz CT molecular complexity index is 782. The van der Waals surface area contributed by atoms with Crippen LogP contribution in [0.15, 0.2) is 36.4 Å². The molecule has 2 rings (SSSR count). The van der Waals surface area contributed by atoms with Crippen molar-refractivity contribution in [2.75, 3.05) is 19.0 Å². The molecule has 1 amide bonds. The van der Waals surface area contributed by atoms with Crippen LogP contribution >= 0.6 is 23.2 Å². The van der Waals surface area contributed by atoms with Gasteiger partial charge in [-0.3, -0.25) is 14.9 Å². The SMILES string of the molecule is COc1ccc([N+](=O)[O-])cc1OCC(=O)Nc1ccc(Cl)c(Cl)c1. The number of ether oxygens (including phenoxy) is 2. The molecule has 0 fully saturated rings. The number of methoxy groups -OCH3 is 1. The van der Waals surface area contributed by atoms with Gasteiger partial charge < -0.3 is 14.8 Å². The fourth-order valence-electron chi connectivity index (χ4n) is 1.81. The van der Waals surface area contributed by atoms with E-state index in [1.54, 1.807) is 12.1 Å². The molecule has 0 atom stereocenters. The van der Waals surface area contributed by atoms with E-state index >= 15 is 0 Å². The molecule has 0 aliphatic carbocycles. The predicted octanol–water partition coefficient (Wildman–Crippen LogP) is 3.93. The van der Waals surface area contributed by atoms with E-state index in [1.165, 1.54) is 31.4 Å². The van der Waals surface area contributed by atoms with Crippen LogP contribution in [0.3, 0.4) is 0 Å². The molecule has 0 aliphatic heterocycles. The zero-order valence-corrected chi connectivity index (χ0v) is 13.9. The molecule has 0 radical (unpaired) electrons. The maximum Gasteiger partial charge on any atom is 0.273 e. The Morgan fingerprint density at radius 3 is 2.54 bits per heavy atom. The number of carbonyl (C=O) groups is 1. The summed E-state index contributed by atoms with van der Waals surface area (Å²) in [6.45, 7) is -0.363. The second-order valence-electron chi connectivity index (χ2n) is 4.56. The lowest BCUT2D eigenvalue weighted by molar-refractivity contribution is -0.385. The minimum atomic E-state index is -0.567. The highest BCUT2D eigenvalue weighted by molar-refractivity contribution is 6.42. The van der Waals surface area contributed by atoms with Crippen LogP contribution in [-0.4, -0.2) is 24.5 Å². The summed E-state index contributed by atoms with van der Waals surface area (Å²) in [5.74, 6) is -0.0964. The number of anilines is 1. The monoisotopic (exact) mass is 370 g/mol. The van der Waals surface area contributed by atoms with Gasteiger partial charge in [0.1, 0.15) is 0 Å². The van der Waals surface area contributed by atoms with Crippen molar-refractivity contribution in [1.82, 2.24) is 0 Å². The van der Waals surface area contributed by atoms with Crippen molar-refractivity contribution in [2.45, 2.75) is 0 Å². The van der Waals surface area contributed by atoms with E-state index in [4.69, 9.17) is 32.7 Å². The van der Waals surface area contributed by atoms with Crippen LogP contribution in [0.25, 0.3) is 0 Å². The first kappa shape index (κ1) is 17.8. The van der Waals surface area contributed by atoms with Gasteiger partial charge in [-0.15, -0.1) is 0 Å². The summed E-state index contributed by atoms with van der Waals surface area (Å²) in [6.07, 6.45) is 0. The van der Waals surface area contributed by atoms with Crippen LogP contribution < -0.4 is 14.8 Å². The first-order valence-electron chi connectivity index (χ1n) is 6.61. The fraction of sp³-hybridized carbons (Fsp3) is 0.133. The van der Waals surface area contributed by atoms with E-state index in [1.807, 2.05) is 0 Å². The highest BCUT2D eigenvalue weighted by Crippen LogP contribution is 2.31. The molecular formula is C15H12Cl2N2O5. The Labute approximate surface area is 147 Å². The normalized spacial score (nSPS) is 10.1. The van der Waals surface area contributed by atoms with Crippen molar-refractivity contribution in [2.24, 2.45) is 0 Å². The lowest BCUT2D eigenvalue weighted by Crippen LogP contribution is -2.20. The standard InChI is InChI=1S/C15H12Cl2N2O5/c1-23-13-5-3-10(19(21)22)7-14(13)24-8-15(20)18-9-2-4-11(16)12(17)6-9/h2-7H,8H2,1H3,(H,18,20). The summed E-state index contributed by atoms with van der Waals surface area (Å²) in [6, 6.07) is 8.48. The summed E-state index contributed by atoms with van der Waals surface area (Å²) < 4.78 is 10.4. The van der Waals surface area contributed by atoms with Crippen LogP contribution in [-0.2, 0) is 4.79 Å². The third-order valence-electron chi connectivity index (χ3n) is 2.92. The highest BCUT2D eigenvalue weighted by atomic mass is 35.5. The van der Waals surface area contributed by atoms with Crippen molar-refractivity contribution >= 4 is 40.5 Å². The lowest BCUT2D eigenvalue weighted by Gasteiger charge is -2.11. The largest absolute Gasteiger partial charge is 0.493 e. The van der Waals surface area contributed by atoms with Gasteiger partial charge in [-0.1, -0.05) is 23.2 Å². The zero-order chi connectivity index (χ0) is 17.7. The minimum Gasteiger partial charge on any atom is -0.493 e. The van der Waals surface area contributed by atoms with Gasteiger partial charge in [-0.05, 0) is 24.3 Å². The number of nitrogens with one attached hydrogen (secondary N) is 1. The molecule has 0 spiro atoms. The summed E-state index contributed by atoms with van der Waals surface area (Å²) in [7, 11) is 1.39. The van der Waals surface area contributed by atoms with Gasteiger partial charge in [-0.2, -0.15) is 0 Å². The number of rotatable bonds is 6. The second-order valence-corrected chi connectivity index (χ2v) is 5.37. The topological polar surface area (TPSA) is 90.7 Å². The lowest BCUT2D eigenvalue weighted by atomic mass is 10.3. The molecule has 0 saturated carbocycles. The number of hydrogen-bond acceptors (Lipinski definition) is 5. The van der Waals surface area contributed by atoms with Crippen molar-refractivity contribution in [1.29, 1.82) is 0 Å². The van der Waals surface area contributed by atoms with E-state index in [-0.39, 0.29) is 23.8 Å². The third-order valence-corrected chi connectivity index (χ3v) is 3.66. The summed E-state index contributed by atoms with van der Waals surface area (Å²) in [5.41, 5.74) is 0.277. The molecule has 1 N–H and O–H groups in total. The van der Waals surface area contributed by atoms with Crippen molar-refractivity contribution in [3.63, 3.8) is 0 Å². The smallest absolute Gasteiger partial charge is 0.273 e. The first-order chi connectivity index (χ1) is 11.4. The van der Waals surface area contributed by atoms with Gasteiger partial charge in [0.25, 0.3) is 11.6 Å². The molecular weight excluding hydrogens is 359 g/mol. The molecule has 0 aromatic heterocycles. The van der Waals surface area contributed by atoms with Gasteiger partial charge >= 0.3 is 0 Å². The van der Waals surface area contributed by atoms with Crippen molar-refractivity contribution in [3.8, 4) is 11.5 Å². The summed E-state index contributed by atoms with van der Waals surface area (Å²) >= 11 is 11.7. The molecule has 0 aliphatic rings. The van der Waals surface area contributed by atoms with Crippen LogP contribution in [0.1, 0.15) is 0 Å². The highest BCUT2D eigenvalue weighted by Gasteiger charge is 2.14. The van der Waals surface area contributed by atoms with E-state index < -0.39 is 10.8 Å². The zero-order valence-electron chi connectivity index (χ0n) is 12.4. The molecule has 9 heteroatoms. The number of carbonyl (C=O) groups excluding carboxylic acids is 1. The Kier molecular flexibility index (Phi) is 5.83. The Hall–Kier alpha value is -2.51. The molecule has 2 aromatic carbocycles. The quantitative estimate of drug-likeness (QED) is 0.614. The molecule has 0 saturated heterocycles. The average molecular weight is 371 g/mol. The van der Waals surface area contributed by atoms with Crippen LogP contribution in [0.2, 0.25) is 10.0 Å². The Balaban J connectivity index is 2.04. The van der Waals surface area contributed by atoms with Crippen LogP contribution in [0, 0.1) is 10.1 Å². The Morgan fingerprint density at radius 1 is 1.17 bits per heavy atom. The average Bonchev–Trinajstić information content (AvgIpc) is 2.56. The molecule has 7 nitrogen and oxygen atoms in total. The van der Waals surface area contributed by atoms with Gasteiger partial charge in [-0.25, -0.2) is 0 Å². The molecule has 0 bridgehead atoms. The number of nitro groups is 1. The van der Waals surface area contributed by atoms with E-state index in [0.717, 1.165) is 0 Å². The van der Waals surface area contributed by atoms with Crippen LogP contribution in [0.4, 0.5) is 11.4 Å². The molecule has 24 heavy (non-hydrogen) atoms. The van der Waals surface area contributed by atoms with Crippen LogP contribution in [0.5, 0.6) is 11.5 Å². The number of halogens is 2. The maximum absolute atomic E-state index is 11.9. The number of nitro benzene ring substituents is 1.